The number of rotatable bonds is 4. The predicted molar refractivity (Wildman–Crippen MR) is 85.9 cm³/mol. The molecule has 122 valence electrons. The Bertz CT molecular complexity index is 689. The van der Waals surface area contributed by atoms with Gasteiger partial charge in [0.05, 0.1) is 19.8 Å². The summed E-state index contributed by atoms with van der Waals surface area (Å²) in [6.07, 6.45) is 2.07. The summed E-state index contributed by atoms with van der Waals surface area (Å²) in [5, 5.41) is 2.89. The third kappa shape index (κ3) is 2.17. The molecule has 0 radical (unpaired) electrons. The van der Waals surface area contributed by atoms with Crippen molar-refractivity contribution in [1.29, 1.82) is 0 Å². The van der Waals surface area contributed by atoms with E-state index in [2.05, 4.69) is 5.32 Å². The molecule has 1 aliphatic carbocycles. The van der Waals surface area contributed by atoms with Crippen molar-refractivity contribution in [2.45, 2.75) is 30.3 Å². The lowest BCUT2D eigenvalue weighted by atomic mass is 10.1. The summed E-state index contributed by atoms with van der Waals surface area (Å²) in [5.74, 6) is 1.41. The number of nitrogens with zero attached hydrogens (tertiary/aromatic N) is 1. The van der Waals surface area contributed by atoms with Crippen LogP contribution < -0.4 is 14.8 Å². The molecule has 1 saturated heterocycles. The summed E-state index contributed by atoms with van der Waals surface area (Å²) in [5.41, 5.74) is 1.42. The zero-order valence-corrected chi connectivity index (χ0v) is 13.8. The number of nitrogens with one attached hydrogen (secondary N) is 1. The van der Waals surface area contributed by atoms with Gasteiger partial charge in [-0.15, -0.1) is 11.8 Å². The number of fused-ring (bicyclic) bond motifs is 3. The van der Waals surface area contributed by atoms with E-state index in [0.717, 1.165) is 18.4 Å². The minimum atomic E-state index is -0.416. The molecule has 0 aromatic heterocycles. The van der Waals surface area contributed by atoms with Gasteiger partial charge in [-0.1, -0.05) is 6.07 Å². The molecule has 23 heavy (non-hydrogen) atoms. The molecule has 1 N–H and O–H groups in total. The molecular weight excluding hydrogens is 316 g/mol. The predicted octanol–water partition coefficient (Wildman–Crippen LogP) is 1.55. The minimum Gasteiger partial charge on any atom is -0.493 e. The van der Waals surface area contributed by atoms with E-state index < -0.39 is 6.04 Å². The smallest absolute Gasteiger partial charge is 0.260 e. The first-order valence-corrected chi connectivity index (χ1v) is 8.70. The maximum absolute atomic E-state index is 12.9. The van der Waals surface area contributed by atoms with Gasteiger partial charge in [-0.05, 0) is 18.9 Å². The first-order chi connectivity index (χ1) is 11.2. The molecule has 7 heteroatoms. The van der Waals surface area contributed by atoms with Gasteiger partial charge in [0.15, 0.2) is 11.5 Å². The van der Waals surface area contributed by atoms with Crippen LogP contribution in [0.15, 0.2) is 12.1 Å². The van der Waals surface area contributed by atoms with Crippen LogP contribution in [0.3, 0.4) is 0 Å². The molecule has 2 amide bonds. The van der Waals surface area contributed by atoms with Crippen molar-refractivity contribution in [1.82, 2.24) is 10.2 Å². The Balaban J connectivity index is 1.69. The first-order valence-electron chi connectivity index (χ1n) is 7.65. The van der Waals surface area contributed by atoms with Crippen molar-refractivity contribution in [3.05, 3.63) is 23.3 Å². The van der Waals surface area contributed by atoms with Crippen molar-refractivity contribution in [2.75, 3.05) is 20.0 Å². The topological polar surface area (TPSA) is 67.9 Å². The van der Waals surface area contributed by atoms with Crippen LogP contribution in [0.5, 0.6) is 11.5 Å². The molecule has 0 unspecified atom stereocenters. The lowest BCUT2D eigenvalue weighted by molar-refractivity contribution is -0.124. The molecule has 2 aliphatic heterocycles. The fourth-order valence-electron chi connectivity index (χ4n) is 3.22. The normalized spacial score (nSPS) is 25.1. The van der Waals surface area contributed by atoms with E-state index in [1.807, 2.05) is 12.1 Å². The van der Waals surface area contributed by atoms with Gasteiger partial charge >= 0.3 is 0 Å². The van der Waals surface area contributed by atoms with Crippen molar-refractivity contribution in [3.8, 4) is 11.5 Å². The zero-order chi connectivity index (χ0) is 16.1. The molecule has 0 bridgehead atoms. The number of carbonyl (C=O) groups is 2. The number of amides is 2. The molecule has 2 heterocycles. The van der Waals surface area contributed by atoms with Gasteiger partial charge in [-0.25, -0.2) is 0 Å². The Labute approximate surface area is 138 Å². The summed E-state index contributed by atoms with van der Waals surface area (Å²) < 4.78 is 10.7. The number of carbonyl (C=O) groups excluding carboxylic acids is 2. The molecule has 6 nitrogen and oxygen atoms in total. The molecule has 1 aromatic carbocycles. The minimum absolute atomic E-state index is 0.0467. The third-order valence-electron chi connectivity index (χ3n) is 4.52. The van der Waals surface area contributed by atoms with Crippen LogP contribution in [-0.2, 0) is 4.79 Å². The van der Waals surface area contributed by atoms with E-state index >= 15 is 0 Å². The van der Waals surface area contributed by atoms with Gasteiger partial charge in [0.2, 0.25) is 5.91 Å². The number of methoxy groups -OCH3 is 2. The lowest BCUT2D eigenvalue weighted by Crippen LogP contribution is -2.46. The Morgan fingerprint density at radius 2 is 2.09 bits per heavy atom. The standard InChI is InChI=1S/C16H18N2O4S/c1-21-11-6-5-9-12(13(11)22-2)15(20)18-10(7-23-16(9)18)14(19)17-8-3-4-8/h5-6,8,10,16H,3-4,7H2,1-2H3,(H,17,19)/t10-,16-/m1/s1. The second-order valence-corrected chi connectivity index (χ2v) is 7.08. The van der Waals surface area contributed by atoms with E-state index in [4.69, 9.17) is 9.47 Å². The van der Waals surface area contributed by atoms with Crippen molar-refractivity contribution in [3.63, 3.8) is 0 Å². The number of benzene rings is 1. The third-order valence-corrected chi connectivity index (χ3v) is 5.82. The number of ether oxygens (including phenoxy) is 2. The maximum Gasteiger partial charge on any atom is 0.260 e. The molecule has 2 atom stereocenters. The monoisotopic (exact) mass is 334 g/mol. The Kier molecular flexibility index (Phi) is 3.41. The fraction of sp³-hybridized carbons (Fsp3) is 0.500. The van der Waals surface area contributed by atoms with E-state index in [0.29, 0.717) is 28.9 Å². The second-order valence-electron chi connectivity index (χ2n) is 5.96. The van der Waals surface area contributed by atoms with Gasteiger partial charge in [0.1, 0.15) is 11.4 Å². The molecule has 1 aromatic rings. The highest BCUT2D eigenvalue weighted by molar-refractivity contribution is 7.99. The van der Waals surface area contributed by atoms with Crippen molar-refractivity contribution >= 4 is 23.6 Å². The van der Waals surface area contributed by atoms with Crippen LogP contribution in [0.25, 0.3) is 0 Å². The summed E-state index contributed by atoms with van der Waals surface area (Å²) in [7, 11) is 3.07. The molecular formula is C16H18N2O4S. The summed E-state index contributed by atoms with van der Waals surface area (Å²) in [6.45, 7) is 0. The first kappa shape index (κ1) is 14.7. The Morgan fingerprint density at radius 3 is 2.74 bits per heavy atom. The maximum atomic E-state index is 12.9. The highest BCUT2D eigenvalue weighted by Crippen LogP contribution is 2.52. The summed E-state index contributed by atoms with van der Waals surface area (Å²) in [4.78, 5) is 27.1. The van der Waals surface area contributed by atoms with Crippen LogP contribution in [0, 0.1) is 0 Å². The van der Waals surface area contributed by atoms with Gasteiger partial charge in [0.25, 0.3) is 5.91 Å². The summed E-state index contributed by atoms with van der Waals surface area (Å²) >= 11 is 1.62. The van der Waals surface area contributed by atoms with Gasteiger partial charge in [-0.2, -0.15) is 0 Å². The molecule has 1 saturated carbocycles. The van der Waals surface area contributed by atoms with Gasteiger partial charge < -0.3 is 19.7 Å². The van der Waals surface area contributed by atoms with E-state index in [9.17, 15) is 9.59 Å². The average molecular weight is 334 g/mol. The van der Waals surface area contributed by atoms with Crippen LogP contribution >= 0.6 is 11.8 Å². The van der Waals surface area contributed by atoms with Crippen LogP contribution in [0.1, 0.15) is 34.1 Å². The quantitative estimate of drug-likeness (QED) is 0.905. The summed E-state index contributed by atoms with van der Waals surface area (Å²) in [6, 6.07) is 3.59. The Morgan fingerprint density at radius 1 is 1.30 bits per heavy atom. The molecule has 3 aliphatic rings. The van der Waals surface area contributed by atoms with E-state index in [-0.39, 0.29) is 17.2 Å². The average Bonchev–Trinajstić information content (AvgIpc) is 3.18. The number of thioether (sulfide) groups is 1. The van der Waals surface area contributed by atoms with Crippen molar-refractivity contribution < 1.29 is 19.1 Å². The van der Waals surface area contributed by atoms with E-state index in [1.165, 1.54) is 7.11 Å². The second kappa shape index (κ2) is 5.33. The molecule has 2 fully saturated rings. The van der Waals surface area contributed by atoms with Crippen molar-refractivity contribution in [2.24, 2.45) is 0 Å². The van der Waals surface area contributed by atoms with Gasteiger partial charge in [0, 0.05) is 17.4 Å². The molecule has 0 spiro atoms. The van der Waals surface area contributed by atoms with E-state index in [1.54, 1.807) is 23.8 Å². The Hall–Kier alpha value is -1.89. The van der Waals surface area contributed by atoms with Crippen LogP contribution in [0.2, 0.25) is 0 Å². The number of hydrogen-bond acceptors (Lipinski definition) is 5. The highest BCUT2D eigenvalue weighted by atomic mass is 32.2. The van der Waals surface area contributed by atoms with Crippen LogP contribution in [-0.4, -0.2) is 48.8 Å². The largest absolute Gasteiger partial charge is 0.493 e. The molecule has 4 rings (SSSR count). The number of hydrogen-bond donors (Lipinski definition) is 1. The zero-order valence-electron chi connectivity index (χ0n) is 13.0. The SMILES string of the molecule is COc1ccc2c(c1OC)C(=O)N1[C@@H](C(=O)NC3CC3)CS[C@H]21. The van der Waals surface area contributed by atoms with Crippen LogP contribution in [0.4, 0.5) is 0 Å². The highest BCUT2D eigenvalue weighted by Gasteiger charge is 2.50. The fourth-order valence-corrected chi connectivity index (χ4v) is 4.67. The van der Waals surface area contributed by atoms with Gasteiger partial charge in [-0.3, -0.25) is 9.59 Å². The lowest BCUT2D eigenvalue weighted by Gasteiger charge is -2.22.